The van der Waals surface area contributed by atoms with Gasteiger partial charge in [-0.05, 0) is 79.9 Å². The highest BCUT2D eigenvalue weighted by Crippen LogP contribution is 2.44. The molecule has 2 fully saturated rings. The molecule has 0 unspecified atom stereocenters. The van der Waals surface area contributed by atoms with E-state index >= 15 is 0 Å². The van der Waals surface area contributed by atoms with E-state index in [2.05, 4.69) is 36.5 Å². The zero-order valence-electron chi connectivity index (χ0n) is 18.0. The molecule has 2 aliphatic carbocycles. The molecule has 0 atom stereocenters. The summed E-state index contributed by atoms with van der Waals surface area (Å²) in [7, 11) is 2.00. The van der Waals surface area contributed by atoms with Crippen LogP contribution >= 0.6 is 0 Å². The second-order valence-electron chi connectivity index (χ2n) is 9.47. The molecule has 0 saturated heterocycles. The highest BCUT2D eigenvalue weighted by atomic mass is 14.8. The Bertz CT molecular complexity index is 504. The Balaban J connectivity index is 1.34. The van der Waals surface area contributed by atoms with Crippen LogP contribution < -0.4 is 5.32 Å². The topological polar surface area (TPSA) is 12.0 Å². The van der Waals surface area contributed by atoms with Gasteiger partial charge in [-0.15, -0.1) is 0 Å². The smallest absolute Gasteiger partial charge is 0.0337 e. The number of anilines is 1. The molecular weight excluding hydrogens is 326 g/mol. The first-order valence-electron chi connectivity index (χ1n) is 12.1. The average molecular weight is 370 g/mol. The van der Waals surface area contributed by atoms with Crippen LogP contribution in [0.25, 0.3) is 0 Å². The lowest BCUT2D eigenvalue weighted by molar-refractivity contribution is 0.155. The molecule has 1 nitrogen and oxygen atoms in total. The highest BCUT2D eigenvalue weighted by molar-refractivity contribution is 5.44. The summed E-state index contributed by atoms with van der Waals surface area (Å²) in [6, 6.07) is 9.18. The fraction of sp³-hybridized carbons (Fsp3) is 0.769. The normalized spacial score (nSPS) is 28.8. The minimum Gasteiger partial charge on any atom is -0.388 e. The summed E-state index contributed by atoms with van der Waals surface area (Å²) in [4.78, 5) is 0. The van der Waals surface area contributed by atoms with Crippen LogP contribution in [0.4, 0.5) is 5.69 Å². The van der Waals surface area contributed by atoms with Gasteiger partial charge in [0, 0.05) is 12.7 Å². The molecule has 2 aliphatic rings. The maximum Gasteiger partial charge on any atom is 0.0337 e. The summed E-state index contributed by atoms with van der Waals surface area (Å²) in [6.45, 7) is 2.31. The van der Waals surface area contributed by atoms with Gasteiger partial charge in [-0.3, -0.25) is 0 Å². The van der Waals surface area contributed by atoms with Gasteiger partial charge >= 0.3 is 0 Å². The van der Waals surface area contributed by atoms with E-state index in [-0.39, 0.29) is 0 Å². The molecule has 0 aromatic heterocycles. The van der Waals surface area contributed by atoms with Gasteiger partial charge < -0.3 is 5.32 Å². The molecular formula is C26H43N. The van der Waals surface area contributed by atoms with Crippen LogP contribution in [0.1, 0.15) is 108 Å². The molecule has 0 heterocycles. The van der Waals surface area contributed by atoms with Crippen molar-refractivity contribution < 1.29 is 0 Å². The molecule has 1 heteroatoms. The summed E-state index contributed by atoms with van der Waals surface area (Å²) in [5, 5.41) is 3.23. The van der Waals surface area contributed by atoms with E-state index in [4.69, 9.17) is 0 Å². The molecule has 0 radical (unpaired) electrons. The molecule has 3 rings (SSSR count). The van der Waals surface area contributed by atoms with Crippen molar-refractivity contribution in [2.75, 3.05) is 12.4 Å². The number of benzene rings is 1. The van der Waals surface area contributed by atoms with Crippen molar-refractivity contribution in [2.45, 2.75) is 103 Å². The predicted molar refractivity (Wildman–Crippen MR) is 120 cm³/mol. The van der Waals surface area contributed by atoms with E-state index in [0.717, 1.165) is 23.7 Å². The number of nitrogens with one attached hydrogen (secondary N) is 1. The fourth-order valence-electron chi connectivity index (χ4n) is 5.83. The SMILES string of the molecule is CCCCCCCC1CCC(C2CCC(c3ccc(NC)cc3)CC2)CC1. The van der Waals surface area contributed by atoms with E-state index < -0.39 is 0 Å². The number of rotatable bonds is 9. The Hall–Kier alpha value is -0.980. The molecule has 0 spiro atoms. The van der Waals surface area contributed by atoms with Crippen molar-refractivity contribution in [3.05, 3.63) is 29.8 Å². The predicted octanol–water partition coefficient (Wildman–Crippen LogP) is 8.17. The first kappa shape index (κ1) is 20.7. The van der Waals surface area contributed by atoms with Gasteiger partial charge in [0.15, 0.2) is 0 Å². The van der Waals surface area contributed by atoms with E-state index in [1.54, 1.807) is 5.56 Å². The van der Waals surface area contributed by atoms with Crippen molar-refractivity contribution in [3.8, 4) is 0 Å². The second kappa shape index (κ2) is 11.1. The van der Waals surface area contributed by atoms with Crippen molar-refractivity contribution in [2.24, 2.45) is 17.8 Å². The lowest BCUT2D eigenvalue weighted by Gasteiger charge is -2.38. The zero-order chi connectivity index (χ0) is 18.9. The Labute approximate surface area is 168 Å². The third-order valence-electron chi connectivity index (χ3n) is 7.72. The summed E-state index contributed by atoms with van der Waals surface area (Å²) in [5.41, 5.74) is 2.80. The van der Waals surface area contributed by atoms with Crippen molar-refractivity contribution >= 4 is 5.69 Å². The maximum atomic E-state index is 3.23. The standard InChI is InChI=1S/C26H43N/c1-3-4-5-6-7-8-21-9-11-22(12-10-21)23-13-15-24(16-14-23)25-17-19-26(27-2)20-18-25/h17-24,27H,3-16H2,1-2H3. The number of unbranched alkanes of at least 4 members (excludes halogenated alkanes) is 4. The number of hydrogen-bond acceptors (Lipinski definition) is 1. The molecule has 1 aromatic rings. The number of hydrogen-bond donors (Lipinski definition) is 1. The first-order chi connectivity index (χ1) is 13.3. The maximum absolute atomic E-state index is 3.23. The van der Waals surface area contributed by atoms with Crippen LogP contribution in [-0.2, 0) is 0 Å². The largest absolute Gasteiger partial charge is 0.388 e. The summed E-state index contributed by atoms with van der Waals surface area (Å²) >= 11 is 0. The Morgan fingerprint density at radius 3 is 1.93 bits per heavy atom. The first-order valence-corrected chi connectivity index (χ1v) is 12.1. The Kier molecular flexibility index (Phi) is 8.55. The molecule has 1 aromatic carbocycles. The third kappa shape index (κ3) is 6.26. The summed E-state index contributed by atoms with van der Waals surface area (Å²) in [5.74, 6) is 3.95. The van der Waals surface area contributed by atoms with Crippen molar-refractivity contribution in [1.82, 2.24) is 0 Å². The van der Waals surface area contributed by atoms with Gasteiger partial charge in [-0.1, -0.05) is 70.4 Å². The molecule has 0 bridgehead atoms. The van der Waals surface area contributed by atoms with Crippen molar-refractivity contribution in [1.29, 1.82) is 0 Å². The third-order valence-corrected chi connectivity index (χ3v) is 7.72. The van der Waals surface area contributed by atoms with Crippen LogP contribution in [0, 0.1) is 17.8 Å². The van der Waals surface area contributed by atoms with Crippen molar-refractivity contribution in [3.63, 3.8) is 0 Å². The molecule has 2 saturated carbocycles. The second-order valence-corrected chi connectivity index (χ2v) is 9.47. The lowest BCUT2D eigenvalue weighted by Crippen LogP contribution is -2.25. The minimum absolute atomic E-state index is 0.812. The molecule has 0 amide bonds. The van der Waals surface area contributed by atoms with Gasteiger partial charge in [-0.25, -0.2) is 0 Å². The average Bonchev–Trinajstić information content (AvgIpc) is 2.74. The summed E-state index contributed by atoms with van der Waals surface area (Å²) < 4.78 is 0. The quantitative estimate of drug-likeness (QED) is 0.433. The van der Waals surface area contributed by atoms with Gasteiger partial charge in [0.05, 0.1) is 0 Å². The van der Waals surface area contributed by atoms with Crippen LogP contribution in [-0.4, -0.2) is 7.05 Å². The van der Waals surface area contributed by atoms with E-state index in [1.807, 2.05) is 7.05 Å². The monoisotopic (exact) mass is 369 g/mol. The molecule has 27 heavy (non-hydrogen) atoms. The van der Waals surface area contributed by atoms with E-state index in [0.29, 0.717) is 0 Å². The summed E-state index contributed by atoms with van der Waals surface area (Å²) in [6.07, 6.45) is 20.7. The van der Waals surface area contributed by atoms with Gasteiger partial charge in [0.25, 0.3) is 0 Å². The zero-order valence-corrected chi connectivity index (χ0v) is 18.0. The highest BCUT2D eigenvalue weighted by Gasteiger charge is 2.31. The Morgan fingerprint density at radius 1 is 0.741 bits per heavy atom. The van der Waals surface area contributed by atoms with Crippen LogP contribution in [0.2, 0.25) is 0 Å². The van der Waals surface area contributed by atoms with Crippen LogP contribution in [0.15, 0.2) is 24.3 Å². The van der Waals surface area contributed by atoms with Gasteiger partial charge in [-0.2, -0.15) is 0 Å². The lowest BCUT2D eigenvalue weighted by atomic mass is 9.68. The van der Waals surface area contributed by atoms with Gasteiger partial charge in [0.1, 0.15) is 0 Å². The van der Waals surface area contributed by atoms with Crippen LogP contribution in [0.3, 0.4) is 0 Å². The molecule has 0 aliphatic heterocycles. The van der Waals surface area contributed by atoms with E-state index in [1.165, 1.54) is 95.6 Å². The van der Waals surface area contributed by atoms with Gasteiger partial charge in [0.2, 0.25) is 0 Å². The Morgan fingerprint density at radius 2 is 1.33 bits per heavy atom. The fourth-order valence-corrected chi connectivity index (χ4v) is 5.83. The van der Waals surface area contributed by atoms with E-state index in [9.17, 15) is 0 Å². The van der Waals surface area contributed by atoms with Crippen LogP contribution in [0.5, 0.6) is 0 Å². The molecule has 152 valence electrons. The minimum atomic E-state index is 0.812. The molecule has 1 N–H and O–H groups in total.